The molecule has 0 heterocycles. The molecule has 2 rings (SSSR count). The summed E-state index contributed by atoms with van der Waals surface area (Å²) in [5.74, 6) is -0.211. The fourth-order valence-corrected chi connectivity index (χ4v) is 3.20. The van der Waals surface area contributed by atoms with Crippen LogP contribution in [0.1, 0.15) is 32.8 Å². The van der Waals surface area contributed by atoms with Crippen LogP contribution in [0.4, 0.5) is 0 Å². The van der Waals surface area contributed by atoms with E-state index in [9.17, 15) is 4.79 Å². The summed E-state index contributed by atoms with van der Waals surface area (Å²) >= 11 is 0. The largest absolute Gasteiger partial charge is 0.469 e. The highest BCUT2D eigenvalue weighted by molar-refractivity contribution is 5.87. The smallest absolute Gasteiger partial charge is 0.314 e. The highest BCUT2D eigenvalue weighted by atomic mass is 16.5. The number of methoxy groups -OCH3 is 1. The van der Waals surface area contributed by atoms with Crippen molar-refractivity contribution in [1.82, 2.24) is 0 Å². The normalized spacial score (nSPS) is 25.8. The van der Waals surface area contributed by atoms with Gasteiger partial charge in [0.2, 0.25) is 0 Å². The van der Waals surface area contributed by atoms with Gasteiger partial charge in [0.15, 0.2) is 0 Å². The van der Waals surface area contributed by atoms with Gasteiger partial charge in [-0.25, -0.2) is 0 Å². The maximum Gasteiger partial charge on any atom is 0.314 e. The molecule has 0 saturated heterocycles. The summed E-state index contributed by atoms with van der Waals surface area (Å²) < 4.78 is 4.96. The number of benzene rings is 1. The number of esters is 1. The molecule has 1 aliphatic rings. The Hall–Kier alpha value is -1.57. The van der Waals surface area contributed by atoms with Crippen LogP contribution in [0, 0.1) is 5.92 Å². The van der Waals surface area contributed by atoms with Crippen molar-refractivity contribution >= 4 is 5.97 Å². The van der Waals surface area contributed by atoms with Gasteiger partial charge in [-0.2, -0.15) is 0 Å². The highest BCUT2D eigenvalue weighted by Gasteiger charge is 2.64. The van der Waals surface area contributed by atoms with Crippen LogP contribution >= 0.6 is 0 Å². The maximum absolute atomic E-state index is 12.0. The summed E-state index contributed by atoms with van der Waals surface area (Å²) in [7, 11) is 1.47. The van der Waals surface area contributed by atoms with Gasteiger partial charge in [-0.3, -0.25) is 4.79 Å². The third kappa shape index (κ3) is 1.67. The molecule has 0 spiro atoms. The molecule has 0 unspecified atom stereocenters. The number of hydrogen-bond acceptors (Lipinski definition) is 2. The Morgan fingerprint density at radius 3 is 2.33 bits per heavy atom. The SMILES string of the molecule is CC[C@@]1(c2ccccc2)C(=C(C)C)[C@@H]1C(=O)OC. The van der Waals surface area contributed by atoms with Gasteiger partial charge >= 0.3 is 5.97 Å². The van der Waals surface area contributed by atoms with Gasteiger partial charge in [0.1, 0.15) is 0 Å². The molecular formula is C16H20O2. The van der Waals surface area contributed by atoms with Gasteiger partial charge < -0.3 is 4.74 Å². The van der Waals surface area contributed by atoms with Gasteiger partial charge in [-0.15, -0.1) is 0 Å². The first kappa shape index (κ1) is 12.9. The molecular weight excluding hydrogens is 224 g/mol. The van der Waals surface area contributed by atoms with Crippen LogP contribution in [0.5, 0.6) is 0 Å². The van der Waals surface area contributed by atoms with Crippen LogP contribution in [-0.4, -0.2) is 13.1 Å². The van der Waals surface area contributed by atoms with E-state index in [0.717, 1.165) is 6.42 Å². The predicted octanol–water partition coefficient (Wildman–Crippen LogP) is 3.47. The lowest BCUT2D eigenvalue weighted by atomic mass is 9.89. The van der Waals surface area contributed by atoms with Gasteiger partial charge in [0.25, 0.3) is 0 Å². The molecule has 0 bridgehead atoms. The third-order valence-electron chi connectivity index (χ3n) is 4.00. The van der Waals surface area contributed by atoms with E-state index in [2.05, 4.69) is 32.9 Å². The van der Waals surface area contributed by atoms with Crippen molar-refractivity contribution < 1.29 is 9.53 Å². The number of ether oxygens (including phenoxy) is 1. The molecule has 96 valence electrons. The molecule has 0 radical (unpaired) electrons. The molecule has 1 saturated carbocycles. The fraction of sp³-hybridized carbons (Fsp3) is 0.438. The molecule has 1 aromatic rings. The van der Waals surface area contributed by atoms with E-state index < -0.39 is 0 Å². The summed E-state index contributed by atoms with van der Waals surface area (Å²) in [6.07, 6.45) is 0.928. The Kier molecular flexibility index (Phi) is 3.29. The average molecular weight is 244 g/mol. The van der Waals surface area contributed by atoms with Gasteiger partial charge in [0.05, 0.1) is 13.0 Å². The average Bonchev–Trinajstić information content (AvgIpc) is 3.09. The standard InChI is InChI=1S/C16H20O2/c1-5-16(12-9-7-6-8-10-12)13(11(2)3)14(16)15(17)18-4/h6-10,14H,5H2,1-4H3/t14-,16-/m1/s1. The van der Waals surface area contributed by atoms with Crippen LogP contribution in [0.3, 0.4) is 0 Å². The predicted molar refractivity (Wildman–Crippen MR) is 72.3 cm³/mol. The van der Waals surface area contributed by atoms with E-state index in [1.165, 1.54) is 23.8 Å². The second-order valence-corrected chi connectivity index (χ2v) is 5.06. The lowest BCUT2D eigenvalue weighted by molar-refractivity contribution is -0.142. The monoisotopic (exact) mass is 244 g/mol. The number of allylic oxidation sites excluding steroid dienone is 1. The molecule has 0 aromatic heterocycles. The molecule has 2 atom stereocenters. The van der Waals surface area contributed by atoms with E-state index in [1.54, 1.807) is 0 Å². The summed E-state index contributed by atoms with van der Waals surface area (Å²) in [6, 6.07) is 10.3. The van der Waals surface area contributed by atoms with E-state index in [1.807, 2.05) is 18.2 Å². The Morgan fingerprint density at radius 1 is 1.28 bits per heavy atom. The number of hydrogen-bond donors (Lipinski definition) is 0. The summed E-state index contributed by atoms with van der Waals surface area (Å²) in [6.45, 7) is 6.29. The lowest BCUT2D eigenvalue weighted by Crippen LogP contribution is -2.15. The van der Waals surface area contributed by atoms with Crippen LogP contribution in [0.15, 0.2) is 41.5 Å². The zero-order chi connectivity index (χ0) is 13.3. The molecule has 2 heteroatoms. The summed E-state index contributed by atoms with van der Waals surface area (Å²) in [4.78, 5) is 12.0. The Morgan fingerprint density at radius 2 is 1.89 bits per heavy atom. The van der Waals surface area contributed by atoms with Crippen molar-refractivity contribution in [3.05, 3.63) is 47.0 Å². The zero-order valence-electron chi connectivity index (χ0n) is 11.5. The van der Waals surface area contributed by atoms with E-state index in [-0.39, 0.29) is 17.3 Å². The number of rotatable bonds is 3. The van der Waals surface area contributed by atoms with E-state index >= 15 is 0 Å². The third-order valence-corrected chi connectivity index (χ3v) is 4.00. The molecule has 18 heavy (non-hydrogen) atoms. The second kappa shape index (κ2) is 4.60. The minimum absolute atomic E-state index is 0.0973. The quantitative estimate of drug-likeness (QED) is 0.601. The first-order valence-electron chi connectivity index (χ1n) is 6.40. The molecule has 0 amide bonds. The number of carbonyl (C=O) groups is 1. The molecule has 2 nitrogen and oxygen atoms in total. The van der Waals surface area contributed by atoms with Crippen molar-refractivity contribution in [2.45, 2.75) is 32.6 Å². The Labute approximate surface area is 109 Å². The van der Waals surface area contributed by atoms with Gasteiger partial charge in [0, 0.05) is 5.41 Å². The van der Waals surface area contributed by atoms with Crippen molar-refractivity contribution in [2.24, 2.45) is 5.92 Å². The molecule has 0 aliphatic heterocycles. The zero-order valence-corrected chi connectivity index (χ0v) is 11.5. The maximum atomic E-state index is 12.0. The minimum Gasteiger partial charge on any atom is -0.469 e. The van der Waals surface area contributed by atoms with Crippen molar-refractivity contribution in [3.8, 4) is 0 Å². The van der Waals surface area contributed by atoms with E-state index in [4.69, 9.17) is 4.74 Å². The number of carbonyl (C=O) groups excluding carboxylic acids is 1. The Balaban J connectivity index is 2.52. The topological polar surface area (TPSA) is 26.3 Å². The summed E-state index contributed by atoms with van der Waals surface area (Å²) in [5.41, 5.74) is 3.56. The highest BCUT2D eigenvalue weighted by Crippen LogP contribution is 2.63. The fourth-order valence-electron chi connectivity index (χ4n) is 3.20. The molecule has 1 aliphatic carbocycles. The van der Waals surface area contributed by atoms with Crippen LogP contribution in [0.25, 0.3) is 0 Å². The van der Waals surface area contributed by atoms with Gasteiger partial charge in [-0.05, 0) is 31.4 Å². The van der Waals surface area contributed by atoms with Crippen molar-refractivity contribution in [3.63, 3.8) is 0 Å². The first-order valence-corrected chi connectivity index (χ1v) is 6.40. The van der Waals surface area contributed by atoms with Crippen molar-refractivity contribution in [1.29, 1.82) is 0 Å². The second-order valence-electron chi connectivity index (χ2n) is 5.06. The van der Waals surface area contributed by atoms with Gasteiger partial charge in [-0.1, -0.05) is 42.8 Å². The van der Waals surface area contributed by atoms with Crippen LogP contribution in [0.2, 0.25) is 0 Å². The molecule has 1 aromatic carbocycles. The lowest BCUT2D eigenvalue weighted by Gasteiger charge is -2.14. The Bertz CT molecular complexity index is 483. The van der Waals surface area contributed by atoms with E-state index in [0.29, 0.717) is 0 Å². The van der Waals surface area contributed by atoms with Crippen molar-refractivity contribution in [2.75, 3.05) is 7.11 Å². The van der Waals surface area contributed by atoms with Crippen LogP contribution in [-0.2, 0) is 14.9 Å². The summed E-state index contributed by atoms with van der Waals surface area (Å²) in [5, 5.41) is 0. The van der Waals surface area contributed by atoms with Crippen LogP contribution < -0.4 is 0 Å². The molecule has 0 N–H and O–H groups in total. The minimum atomic E-state index is -0.132. The molecule has 1 fully saturated rings. The first-order chi connectivity index (χ1) is 8.59.